The number of rotatable bonds is 12. The predicted octanol–water partition coefficient (Wildman–Crippen LogP) is 4.44. The molecule has 1 saturated carbocycles. The first-order valence-electron chi connectivity index (χ1n) is 15.4. The average Bonchev–Trinajstić information content (AvgIpc) is 3.52. The minimum Gasteiger partial charge on any atom is -0.497 e. The van der Waals surface area contributed by atoms with Crippen LogP contribution in [-0.4, -0.2) is 89.0 Å². The summed E-state index contributed by atoms with van der Waals surface area (Å²) in [6, 6.07) is 4.55. The number of ether oxygens (including phenoxy) is 2. The van der Waals surface area contributed by atoms with Crippen LogP contribution in [0.3, 0.4) is 0 Å². The number of carbonyl (C=O) groups excluding carboxylic acids is 3. The number of nitrogens with one attached hydrogen (secondary N) is 2. The third kappa shape index (κ3) is 8.68. The van der Waals surface area contributed by atoms with Crippen molar-refractivity contribution in [3.63, 3.8) is 0 Å². The van der Waals surface area contributed by atoms with Gasteiger partial charge in [-0.25, -0.2) is 14.6 Å². The SMILES string of the molecule is CCCOC1(C2CCCCC2C)CN(C(=O)C(Cc2ccc(OC)cc2)NC(=O)N(CCc2c[nH]cn2)OC(=O)C(F)(F)F)C1. The van der Waals surface area contributed by atoms with Crippen LogP contribution in [0.4, 0.5) is 18.0 Å². The van der Waals surface area contributed by atoms with E-state index < -0.39 is 42.3 Å². The molecule has 2 heterocycles. The Balaban J connectivity index is 1.54. The number of nitrogens with zero attached hydrogens (tertiary/aromatic N) is 3. The molecular weight excluding hydrogens is 595 g/mol. The number of halogens is 3. The Kier molecular flexibility index (Phi) is 11.3. The Hall–Kier alpha value is -3.81. The molecule has 1 aliphatic heterocycles. The number of hydroxylamine groups is 2. The normalized spacial score (nSPS) is 20.1. The van der Waals surface area contributed by atoms with Gasteiger partial charge in [-0.1, -0.05) is 45.2 Å². The molecule has 45 heavy (non-hydrogen) atoms. The maximum absolute atomic E-state index is 14.0. The molecule has 2 aliphatic rings. The van der Waals surface area contributed by atoms with E-state index in [1.807, 2.05) is 6.92 Å². The van der Waals surface area contributed by atoms with Crippen LogP contribution in [0, 0.1) is 11.8 Å². The van der Waals surface area contributed by atoms with Crippen molar-refractivity contribution in [2.45, 2.75) is 76.6 Å². The summed E-state index contributed by atoms with van der Waals surface area (Å²) < 4.78 is 50.9. The number of aromatic nitrogens is 2. The fourth-order valence-electron chi connectivity index (χ4n) is 6.21. The summed E-state index contributed by atoms with van der Waals surface area (Å²) in [6.45, 7) is 5.08. The van der Waals surface area contributed by atoms with E-state index in [4.69, 9.17) is 9.47 Å². The lowest BCUT2D eigenvalue weighted by Gasteiger charge is -2.56. The highest BCUT2D eigenvalue weighted by molar-refractivity contribution is 5.88. The van der Waals surface area contributed by atoms with E-state index in [1.54, 1.807) is 29.2 Å². The number of hydrogen-bond acceptors (Lipinski definition) is 7. The number of hydrogen-bond donors (Lipinski definition) is 2. The molecule has 4 rings (SSSR count). The van der Waals surface area contributed by atoms with Gasteiger partial charge in [-0.3, -0.25) is 4.79 Å². The molecule has 0 radical (unpaired) electrons. The van der Waals surface area contributed by atoms with Crippen molar-refractivity contribution < 1.29 is 41.9 Å². The van der Waals surface area contributed by atoms with Gasteiger partial charge >= 0.3 is 18.2 Å². The van der Waals surface area contributed by atoms with Crippen molar-refractivity contribution in [2.75, 3.05) is 33.4 Å². The first-order chi connectivity index (χ1) is 21.5. The Labute approximate surface area is 260 Å². The van der Waals surface area contributed by atoms with Gasteiger partial charge in [-0.15, -0.1) is 0 Å². The van der Waals surface area contributed by atoms with Gasteiger partial charge in [0.2, 0.25) is 5.91 Å². The highest BCUT2D eigenvalue weighted by Crippen LogP contribution is 2.44. The zero-order valence-corrected chi connectivity index (χ0v) is 25.9. The second-order valence-electron chi connectivity index (χ2n) is 11.8. The fraction of sp³-hybridized carbons (Fsp3) is 0.613. The molecule has 0 bridgehead atoms. The second kappa shape index (κ2) is 15.0. The number of benzene rings is 1. The number of amides is 3. The molecule has 3 unspecified atom stereocenters. The van der Waals surface area contributed by atoms with Crippen LogP contribution < -0.4 is 10.1 Å². The standard InChI is InChI=1S/C31H42F3N5O6/c1-4-15-44-30(25-8-6-5-7-21(25)2)18-38(19-30)27(40)26(16-22-9-11-24(43-3)12-10-22)37-29(42)39(45-28(41)31(32,33)34)14-13-23-17-35-20-36-23/h9-12,17,20-21,25-26H,4-8,13-16,18-19H2,1-3H3,(H,35,36)(H,37,42). The molecule has 3 amide bonds. The maximum atomic E-state index is 14.0. The van der Waals surface area contributed by atoms with E-state index >= 15 is 0 Å². The molecule has 11 nitrogen and oxygen atoms in total. The van der Waals surface area contributed by atoms with Crippen LogP contribution in [0.2, 0.25) is 0 Å². The van der Waals surface area contributed by atoms with Crippen molar-refractivity contribution in [1.82, 2.24) is 25.2 Å². The van der Waals surface area contributed by atoms with Crippen LogP contribution in [0.15, 0.2) is 36.8 Å². The van der Waals surface area contributed by atoms with Crippen LogP contribution in [0.25, 0.3) is 0 Å². The molecule has 1 aromatic carbocycles. The van der Waals surface area contributed by atoms with E-state index in [2.05, 4.69) is 27.0 Å². The van der Waals surface area contributed by atoms with Crippen LogP contribution in [0.1, 0.15) is 57.2 Å². The highest BCUT2D eigenvalue weighted by Gasteiger charge is 2.54. The Morgan fingerprint density at radius 3 is 2.49 bits per heavy atom. The van der Waals surface area contributed by atoms with Crippen LogP contribution in [-0.2, 0) is 32.0 Å². The Morgan fingerprint density at radius 2 is 1.89 bits per heavy atom. The number of H-pyrrole nitrogens is 1. The van der Waals surface area contributed by atoms with Crippen molar-refractivity contribution in [1.29, 1.82) is 0 Å². The number of methoxy groups -OCH3 is 1. The van der Waals surface area contributed by atoms with Gasteiger partial charge in [0.15, 0.2) is 0 Å². The first kappa shape index (κ1) is 34.1. The minimum atomic E-state index is -5.33. The van der Waals surface area contributed by atoms with Crippen molar-refractivity contribution in [3.8, 4) is 5.75 Å². The van der Waals surface area contributed by atoms with E-state index in [0.717, 1.165) is 32.1 Å². The van der Waals surface area contributed by atoms with Crippen molar-refractivity contribution in [3.05, 3.63) is 48.0 Å². The minimum absolute atomic E-state index is 0.0118. The van der Waals surface area contributed by atoms with Crippen LogP contribution in [0.5, 0.6) is 5.75 Å². The number of alkyl halides is 3. The quantitative estimate of drug-likeness (QED) is 0.330. The molecule has 2 N–H and O–H groups in total. The lowest BCUT2D eigenvalue weighted by atomic mass is 9.67. The number of likely N-dealkylation sites (tertiary alicyclic amines) is 1. The zero-order chi connectivity index (χ0) is 32.6. The molecular formula is C31H42F3N5O6. The lowest BCUT2D eigenvalue weighted by Crippen LogP contribution is -2.71. The summed E-state index contributed by atoms with van der Waals surface area (Å²) in [5, 5.41) is 2.82. The number of urea groups is 1. The molecule has 2 aromatic rings. The van der Waals surface area contributed by atoms with E-state index in [0.29, 0.717) is 42.6 Å². The monoisotopic (exact) mass is 637 g/mol. The molecule has 14 heteroatoms. The van der Waals surface area contributed by atoms with Gasteiger partial charge in [-0.05, 0) is 42.4 Å². The summed E-state index contributed by atoms with van der Waals surface area (Å²) in [6.07, 6.45) is 2.76. The van der Waals surface area contributed by atoms with Crippen LogP contribution >= 0.6 is 0 Å². The van der Waals surface area contributed by atoms with Gasteiger partial charge in [0.05, 0.1) is 38.8 Å². The molecule has 0 spiro atoms. The number of aromatic amines is 1. The van der Waals surface area contributed by atoms with Crippen molar-refractivity contribution >= 4 is 17.9 Å². The summed E-state index contributed by atoms with van der Waals surface area (Å²) in [5.41, 5.74) is 0.625. The van der Waals surface area contributed by atoms with Gasteiger partial charge < -0.3 is 29.5 Å². The molecule has 248 valence electrons. The number of carbonyl (C=O) groups is 3. The largest absolute Gasteiger partial charge is 0.497 e. The summed E-state index contributed by atoms with van der Waals surface area (Å²) in [7, 11) is 1.52. The second-order valence-corrected chi connectivity index (χ2v) is 11.8. The van der Waals surface area contributed by atoms with Gasteiger partial charge in [-0.2, -0.15) is 18.2 Å². The fourth-order valence-corrected chi connectivity index (χ4v) is 6.21. The smallest absolute Gasteiger partial charge is 0.493 e. The Morgan fingerprint density at radius 1 is 1.18 bits per heavy atom. The van der Waals surface area contributed by atoms with Crippen molar-refractivity contribution in [2.24, 2.45) is 11.8 Å². The highest BCUT2D eigenvalue weighted by atomic mass is 19.4. The maximum Gasteiger partial charge on any atom is 0.493 e. The van der Waals surface area contributed by atoms with E-state index in [-0.39, 0.29) is 23.8 Å². The van der Waals surface area contributed by atoms with Gasteiger partial charge in [0.1, 0.15) is 17.4 Å². The van der Waals surface area contributed by atoms with E-state index in [1.165, 1.54) is 19.6 Å². The lowest BCUT2D eigenvalue weighted by molar-refractivity contribution is -0.228. The average molecular weight is 638 g/mol. The van der Waals surface area contributed by atoms with Gasteiger partial charge in [0, 0.05) is 25.6 Å². The first-order valence-corrected chi connectivity index (χ1v) is 15.4. The van der Waals surface area contributed by atoms with E-state index in [9.17, 15) is 27.6 Å². The molecule has 3 atom stereocenters. The molecule has 1 saturated heterocycles. The summed E-state index contributed by atoms with van der Waals surface area (Å²) >= 11 is 0. The third-order valence-corrected chi connectivity index (χ3v) is 8.58. The zero-order valence-electron chi connectivity index (χ0n) is 25.9. The van der Waals surface area contributed by atoms with Gasteiger partial charge in [0.25, 0.3) is 0 Å². The number of imidazole rings is 1. The summed E-state index contributed by atoms with van der Waals surface area (Å²) in [5.74, 6) is -1.64. The summed E-state index contributed by atoms with van der Waals surface area (Å²) in [4.78, 5) is 51.9. The molecule has 1 aromatic heterocycles. The Bertz CT molecular complexity index is 1270. The third-order valence-electron chi connectivity index (χ3n) is 8.58. The molecule has 1 aliphatic carbocycles. The molecule has 2 fully saturated rings. The predicted molar refractivity (Wildman–Crippen MR) is 157 cm³/mol. The topological polar surface area (TPSA) is 126 Å².